The van der Waals surface area contributed by atoms with Crippen molar-refractivity contribution in [2.45, 2.75) is 6.92 Å². The first kappa shape index (κ1) is 16.8. The van der Waals surface area contributed by atoms with Gasteiger partial charge >= 0.3 is 0 Å². The maximum absolute atomic E-state index is 11.9. The van der Waals surface area contributed by atoms with Gasteiger partial charge in [-0.1, -0.05) is 34.5 Å². The lowest BCUT2D eigenvalue weighted by molar-refractivity contribution is 0.373. The third-order valence-electron chi connectivity index (χ3n) is 3.14. The molecule has 3 aromatic rings. The highest BCUT2D eigenvalue weighted by atomic mass is 35.5. The second kappa shape index (κ2) is 6.43. The smallest absolute Gasteiger partial charge is 0.275 e. The highest BCUT2D eigenvalue weighted by Gasteiger charge is 2.12. The van der Waals surface area contributed by atoms with E-state index in [1.54, 1.807) is 25.1 Å². The molecule has 0 atom stereocenters. The zero-order valence-corrected chi connectivity index (χ0v) is 14.9. The van der Waals surface area contributed by atoms with Gasteiger partial charge in [-0.15, -0.1) is 0 Å². The number of fused-ring (bicyclic) bond motifs is 1. The molecule has 0 aliphatic carbocycles. The first-order chi connectivity index (χ1) is 11.4. The minimum atomic E-state index is -0.265. The number of phenolic OH excluding ortho intramolecular Hbond substituents is 1. The first-order valence-electron chi connectivity index (χ1n) is 6.70. The van der Waals surface area contributed by atoms with Crippen LogP contribution in [-0.4, -0.2) is 26.8 Å². The molecule has 2 aromatic heterocycles. The second-order valence-corrected chi connectivity index (χ2v) is 6.65. The molecule has 0 aliphatic rings. The maximum atomic E-state index is 11.9. The quantitative estimate of drug-likeness (QED) is 0.747. The van der Waals surface area contributed by atoms with Gasteiger partial charge in [-0.05, 0) is 30.7 Å². The fourth-order valence-corrected chi connectivity index (χ4v) is 3.42. The Hall–Kier alpha value is -2.09. The number of rotatable bonds is 3. The van der Waals surface area contributed by atoms with Crippen LogP contribution in [0.3, 0.4) is 0 Å². The third kappa shape index (κ3) is 3.10. The largest absolute Gasteiger partial charge is 0.503 e. The van der Waals surface area contributed by atoms with Crippen LogP contribution >= 0.6 is 34.5 Å². The van der Waals surface area contributed by atoms with Crippen LogP contribution in [0.4, 0.5) is 0 Å². The summed E-state index contributed by atoms with van der Waals surface area (Å²) in [5, 5.41) is 14.8. The van der Waals surface area contributed by atoms with Gasteiger partial charge in [0.1, 0.15) is 0 Å². The van der Waals surface area contributed by atoms with E-state index in [0.29, 0.717) is 26.3 Å². The fourth-order valence-electron chi connectivity index (χ4n) is 2.06. The third-order valence-corrected chi connectivity index (χ3v) is 4.77. The summed E-state index contributed by atoms with van der Waals surface area (Å²) in [5.41, 5.74) is 0.972. The first-order valence-corrected chi connectivity index (χ1v) is 8.28. The van der Waals surface area contributed by atoms with E-state index in [1.807, 2.05) is 0 Å². The fraction of sp³-hybridized carbons (Fsp3) is 0.133. The van der Waals surface area contributed by atoms with Crippen LogP contribution in [0.25, 0.3) is 16.1 Å². The molecule has 0 aliphatic heterocycles. The van der Waals surface area contributed by atoms with Crippen molar-refractivity contribution in [2.24, 2.45) is 0 Å². The van der Waals surface area contributed by atoms with Crippen molar-refractivity contribution in [3.63, 3.8) is 0 Å². The van der Waals surface area contributed by atoms with E-state index in [-0.39, 0.29) is 22.1 Å². The van der Waals surface area contributed by atoms with Crippen molar-refractivity contribution in [1.82, 2.24) is 14.6 Å². The molecule has 24 heavy (non-hydrogen) atoms. The second-order valence-electron chi connectivity index (χ2n) is 4.88. The van der Waals surface area contributed by atoms with Crippen molar-refractivity contribution in [2.75, 3.05) is 7.11 Å². The molecular formula is C15H11Cl2N3O3S. The number of phenols is 1. The lowest BCUT2D eigenvalue weighted by Crippen LogP contribution is -2.14. The van der Waals surface area contributed by atoms with Gasteiger partial charge < -0.3 is 9.84 Å². The molecule has 0 fully saturated rings. The zero-order chi connectivity index (χ0) is 17.4. The van der Waals surface area contributed by atoms with Gasteiger partial charge in [0.05, 0.1) is 17.2 Å². The maximum Gasteiger partial charge on any atom is 0.275 e. The number of methoxy groups -OCH3 is 1. The molecule has 0 radical (unpaired) electrons. The average molecular weight is 384 g/mol. The number of benzene rings is 1. The summed E-state index contributed by atoms with van der Waals surface area (Å²) in [6, 6.07) is 4.54. The van der Waals surface area contributed by atoms with Gasteiger partial charge in [-0.2, -0.15) is 9.61 Å². The molecule has 124 valence electrons. The lowest BCUT2D eigenvalue weighted by atomic mass is 10.2. The molecule has 0 saturated carbocycles. The zero-order valence-electron chi connectivity index (χ0n) is 12.6. The molecule has 0 saturated heterocycles. The van der Waals surface area contributed by atoms with Gasteiger partial charge in [-0.3, -0.25) is 4.79 Å². The number of aryl methyl sites for hydroxylation is 1. The topological polar surface area (TPSA) is 76.7 Å². The van der Waals surface area contributed by atoms with E-state index in [4.69, 9.17) is 27.9 Å². The van der Waals surface area contributed by atoms with Gasteiger partial charge in [0.15, 0.2) is 16.5 Å². The summed E-state index contributed by atoms with van der Waals surface area (Å²) in [5.74, 6) is 0.0923. The number of halogens is 2. The van der Waals surface area contributed by atoms with E-state index in [9.17, 15) is 9.90 Å². The number of nitrogens with zero attached hydrogens (tertiary/aromatic N) is 3. The molecule has 0 bridgehead atoms. The van der Waals surface area contributed by atoms with Crippen LogP contribution in [-0.2, 0) is 0 Å². The van der Waals surface area contributed by atoms with Gasteiger partial charge in [0.2, 0.25) is 4.96 Å². The molecule has 3 rings (SSSR count). The van der Waals surface area contributed by atoms with E-state index in [2.05, 4.69) is 10.1 Å². The Morgan fingerprint density at radius 1 is 1.42 bits per heavy atom. The molecule has 0 unspecified atom stereocenters. The Morgan fingerprint density at radius 3 is 2.88 bits per heavy atom. The summed E-state index contributed by atoms with van der Waals surface area (Å²) >= 11 is 13.5. The molecule has 1 N–H and O–H groups in total. The van der Waals surface area contributed by atoms with Crippen LogP contribution < -0.4 is 10.3 Å². The molecule has 0 amide bonds. The van der Waals surface area contributed by atoms with Crippen LogP contribution in [0.15, 0.2) is 23.0 Å². The predicted molar refractivity (Wildman–Crippen MR) is 95.3 cm³/mol. The summed E-state index contributed by atoms with van der Waals surface area (Å²) in [6.07, 6.45) is 1.62. The van der Waals surface area contributed by atoms with Crippen molar-refractivity contribution >= 4 is 50.6 Å². The Labute approximate surface area is 150 Å². The van der Waals surface area contributed by atoms with Gasteiger partial charge in [0, 0.05) is 11.8 Å². The van der Waals surface area contributed by atoms with E-state index < -0.39 is 0 Å². The normalized spacial score (nSPS) is 11.9. The summed E-state index contributed by atoms with van der Waals surface area (Å²) in [7, 11) is 1.43. The summed E-state index contributed by atoms with van der Waals surface area (Å²) < 4.78 is 6.26. The predicted octanol–water partition coefficient (Wildman–Crippen LogP) is 3.56. The van der Waals surface area contributed by atoms with Crippen LogP contribution in [0.1, 0.15) is 16.3 Å². The van der Waals surface area contributed by atoms with Crippen molar-refractivity contribution in [3.8, 4) is 11.5 Å². The molecular weight excluding hydrogens is 373 g/mol. The Kier molecular flexibility index (Phi) is 4.49. The number of aromatic nitrogens is 3. The SMILES string of the molecule is COc1cc(/C=C(\Cl)c2nn3c(=O)cc(C)nc3s2)cc(Cl)c1O. The van der Waals surface area contributed by atoms with Gasteiger partial charge in [0.25, 0.3) is 5.56 Å². The van der Waals surface area contributed by atoms with Crippen molar-refractivity contribution < 1.29 is 9.84 Å². The molecule has 6 nitrogen and oxygen atoms in total. The minimum absolute atomic E-state index is 0.140. The standard InChI is InChI=1S/C15H11Cl2N3O3S/c1-7-3-12(21)20-15(18-7)24-14(19-20)10(17)5-8-4-9(16)13(22)11(6-8)23-2/h3-6,22H,1-2H3/b10-5-. The summed E-state index contributed by atoms with van der Waals surface area (Å²) in [4.78, 5) is 16.6. The molecule has 1 aromatic carbocycles. The van der Waals surface area contributed by atoms with E-state index >= 15 is 0 Å². The number of ether oxygens (including phenoxy) is 1. The van der Waals surface area contributed by atoms with Crippen LogP contribution in [0, 0.1) is 6.92 Å². The monoisotopic (exact) mass is 383 g/mol. The Morgan fingerprint density at radius 2 is 2.17 bits per heavy atom. The number of aromatic hydroxyl groups is 1. The lowest BCUT2D eigenvalue weighted by Gasteiger charge is -2.06. The van der Waals surface area contributed by atoms with E-state index in [0.717, 1.165) is 0 Å². The number of hydrogen-bond acceptors (Lipinski definition) is 6. The molecule has 2 heterocycles. The molecule has 0 spiro atoms. The Balaban J connectivity index is 2.07. The van der Waals surface area contributed by atoms with Crippen molar-refractivity contribution in [1.29, 1.82) is 0 Å². The van der Waals surface area contributed by atoms with Crippen molar-refractivity contribution in [3.05, 3.63) is 49.8 Å². The highest BCUT2D eigenvalue weighted by molar-refractivity contribution is 7.18. The van der Waals surface area contributed by atoms with Gasteiger partial charge in [-0.25, -0.2) is 4.98 Å². The molecule has 9 heteroatoms. The average Bonchev–Trinajstić information content (AvgIpc) is 2.95. The van der Waals surface area contributed by atoms with E-state index in [1.165, 1.54) is 29.0 Å². The highest BCUT2D eigenvalue weighted by Crippen LogP contribution is 2.36. The van der Waals surface area contributed by atoms with Crippen LogP contribution in [0.5, 0.6) is 11.5 Å². The minimum Gasteiger partial charge on any atom is -0.503 e. The van der Waals surface area contributed by atoms with Crippen LogP contribution in [0.2, 0.25) is 5.02 Å². The number of hydrogen-bond donors (Lipinski definition) is 1. The summed E-state index contributed by atoms with van der Waals surface area (Å²) in [6.45, 7) is 1.74. The Bertz CT molecular complexity index is 1030.